The van der Waals surface area contributed by atoms with Crippen molar-refractivity contribution >= 4 is 5.69 Å². The van der Waals surface area contributed by atoms with Crippen molar-refractivity contribution in [3.63, 3.8) is 0 Å². The summed E-state index contributed by atoms with van der Waals surface area (Å²) in [6.45, 7) is 4.50. The van der Waals surface area contributed by atoms with Crippen LogP contribution in [0.25, 0.3) is 11.3 Å². The molecule has 5 heteroatoms. The number of benzene rings is 1. The topological polar surface area (TPSA) is 69.2 Å². The number of aromatic nitrogens is 2. The molecule has 2 N–H and O–H groups in total. The second kappa shape index (κ2) is 6.96. The molecule has 0 atom stereocenters. The third kappa shape index (κ3) is 3.62. The standard InChI is InChI=1S/C18H23N3O2/c1-13-12-15(16-3-5-18(23)20-19-16)2-4-17(13)21-9-6-14(7-10-21)8-11-22/h2-5,12,14,22H,6-11H2,1H3,(H,20,23). The summed E-state index contributed by atoms with van der Waals surface area (Å²) < 4.78 is 0. The van der Waals surface area contributed by atoms with Crippen molar-refractivity contribution in [3.8, 4) is 11.3 Å². The van der Waals surface area contributed by atoms with Crippen LogP contribution in [-0.4, -0.2) is 35.0 Å². The molecule has 3 rings (SSSR count). The molecule has 122 valence electrons. The van der Waals surface area contributed by atoms with E-state index >= 15 is 0 Å². The average Bonchev–Trinajstić information content (AvgIpc) is 2.57. The van der Waals surface area contributed by atoms with Gasteiger partial charge in [-0.15, -0.1) is 0 Å². The predicted octanol–water partition coefficient (Wildman–Crippen LogP) is 2.34. The maximum Gasteiger partial charge on any atom is 0.264 e. The Balaban J connectivity index is 1.75. The zero-order chi connectivity index (χ0) is 16.2. The predicted molar refractivity (Wildman–Crippen MR) is 91.7 cm³/mol. The summed E-state index contributed by atoms with van der Waals surface area (Å²) in [5.41, 5.74) is 4.09. The van der Waals surface area contributed by atoms with E-state index < -0.39 is 0 Å². The van der Waals surface area contributed by atoms with Crippen LogP contribution in [0.2, 0.25) is 0 Å². The van der Waals surface area contributed by atoms with E-state index in [0.717, 1.165) is 43.6 Å². The van der Waals surface area contributed by atoms with Gasteiger partial charge in [0.1, 0.15) is 0 Å². The maximum atomic E-state index is 11.1. The fraction of sp³-hybridized carbons (Fsp3) is 0.444. The molecule has 0 aliphatic carbocycles. The summed E-state index contributed by atoms with van der Waals surface area (Å²) in [5.74, 6) is 0.654. The monoisotopic (exact) mass is 313 g/mol. The van der Waals surface area contributed by atoms with Crippen LogP contribution < -0.4 is 10.5 Å². The first-order valence-corrected chi connectivity index (χ1v) is 8.20. The van der Waals surface area contributed by atoms with E-state index in [-0.39, 0.29) is 5.56 Å². The van der Waals surface area contributed by atoms with Gasteiger partial charge in [0.2, 0.25) is 0 Å². The molecule has 1 aromatic carbocycles. The highest BCUT2D eigenvalue weighted by Gasteiger charge is 2.20. The third-order valence-electron chi connectivity index (χ3n) is 4.66. The van der Waals surface area contributed by atoms with E-state index in [1.54, 1.807) is 6.07 Å². The molecule has 1 saturated heterocycles. The normalized spacial score (nSPS) is 15.8. The summed E-state index contributed by atoms with van der Waals surface area (Å²) in [6.07, 6.45) is 3.20. The minimum Gasteiger partial charge on any atom is -0.396 e. The number of hydrogen-bond donors (Lipinski definition) is 2. The fourth-order valence-electron chi connectivity index (χ4n) is 3.32. The Bertz CT molecular complexity index is 698. The van der Waals surface area contributed by atoms with Crippen molar-refractivity contribution in [1.82, 2.24) is 10.2 Å². The summed E-state index contributed by atoms with van der Waals surface area (Å²) in [5, 5.41) is 15.6. The van der Waals surface area contributed by atoms with E-state index in [9.17, 15) is 4.79 Å². The van der Waals surface area contributed by atoms with Gasteiger partial charge < -0.3 is 10.0 Å². The molecule has 5 nitrogen and oxygen atoms in total. The van der Waals surface area contributed by atoms with Gasteiger partial charge in [0, 0.05) is 37.0 Å². The van der Waals surface area contributed by atoms with E-state index in [0.29, 0.717) is 12.5 Å². The van der Waals surface area contributed by atoms with Crippen molar-refractivity contribution in [2.24, 2.45) is 5.92 Å². The van der Waals surface area contributed by atoms with Crippen LogP contribution in [0.4, 0.5) is 5.69 Å². The van der Waals surface area contributed by atoms with Gasteiger partial charge in [0.15, 0.2) is 0 Å². The second-order valence-corrected chi connectivity index (χ2v) is 6.25. The Morgan fingerprint density at radius 3 is 2.65 bits per heavy atom. The first-order valence-electron chi connectivity index (χ1n) is 8.20. The van der Waals surface area contributed by atoms with Crippen LogP contribution in [0.5, 0.6) is 0 Å². The van der Waals surface area contributed by atoms with Gasteiger partial charge in [-0.2, -0.15) is 5.10 Å². The van der Waals surface area contributed by atoms with Crippen molar-refractivity contribution in [2.45, 2.75) is 26.2 Å². The van der Waals surface area contributed by atoms with Gasteiger partial charge in [-0.05, 0) is 55.9 Å². The lowest BCUT2D eigenvalue weighted by molar-refractivity contribution is 0.240. The highest BCUT2D eigenvalue weighted by Crippen LogP contribution is 2.29. The number of piperidine rings is 1. The van der Waals surface area contributed by atoms with Crippen molar-refractivity contribution in [1.29, 1.82) is 0 Å². The van der Waals surface area contributed by atoms with Gasteiger partial charge in [0.05, 0.1) is 5.69 Å². The molecule has 1 aromatic heterocycles. The molecule has 0 saturated carbocycles. The molecule has 1 aliphatic rings. The number of nitrogens with one attached hydrogen (secondary N) is 1. The van der Waals surface area contributed by atoms with Crippen LogP contribution >= 0.6 is 0 Å². The third-order valence-corrected chi connectivity index (χ3v) is 4.66. The Hall–Kier alpha value is -2.14. The van der Waals surface area contributed by atoms with Gasteiger partial charge in [-0.1, -0.05) is 6.07 Å². The van der Waals surface area contributed by atoms with E-state index in [2.05, 4.69) is 40.2 Å². The molecule has 0 radical (unpaired) electrons. The first kappa shape index (κ1) is 15.7. The fourth-order valence-corrected chi connectivity index (χ4v) is 3.32. The van der Waals surface area contributed by atoms with E-state index in [4.69, 9.17) is 5.11 Å². The molecule has 0 amide bonds. The lowest BCUT2D eigenvalue weighted by atomic mass is 9.93. The smallest absolute Gasteiger partial charge is 0.264 e. The molecule has 0 bridgehead atoms. The number of H-pyrrole nitrogens is 1. The van der Waals surface area contributed by atoms with E-state index in [1.165, 1.54) is 17.3 Å². The first-order chi connectivity index (χ1) is 11.2. The number of aliphatic hydroxyl groups is 1. The Morgan fingerprint density at radius 2 is 2.04 bits per heavy atom. The highest BCUT2D eigenvalue weighted by atomic mass is 16.3. The number of rotatable bonds is 4. The summed E-state index contributed by atoms with van der Waals surface area (Å²) >= 11 is 0. The van der Waals surface area contributed by atoms with Crippen LogP contribution in [-0.2, 0) is 0 Å². The van der Waals surface area contributed by atoms with Gasteiger partial charge in [-0.25, -0.2) is 5.10 Å². The summed E-state index contributed by atoms with van der Waals surface area (Å²) in [6, 6.07) is 9.56. The molecular formula is C18H23N3O2. The molecule has 1 fully saturated rings. The average molecular weight is 313 g/mol. The van der Waals surface area contributed by atoms with Crippen LogP contribution in [0, 0.1) is 12.8 Å². The Kier molecular flexibility index (Phi) is 4.76. The van der Waals surface area contributed by atoms with Gasteiger partial charge in [-0.3, -0.25) is 4.79 Å². The molecule has 1 aliphatic heterocycles. The molecule has 0 unspecified atom stereocenters. The zero-order valence-corrected chi connectivity index (χ0v) is 13.5. The Morgan fingerprint density at radius 1 is 1.26 bits per heavy atom. The van der Waals surface area contributed by atoms with Crippen LogP contribution in [0.3, 0.4) is 0 Å². The van der Waals surface area contributed by atoms with Crippen molar-refractivity contribution in [3.05, 3.63) is 46.2 Å². The Labute approximate surface area is 136 Å². The van der Waals surface area contributed by atoms with Crippen molar-refractivity contribution < 1.29 is 5.11 Å². The SMILES string of the molecule is Cc1cc(-c2ccc(=O)[nH]n2)ccc1N1CCC(CCO)CC1. The highest BCUT2D eigenvalue weighted by molar-refractivity contribution is 5.66. The molecule has 2 heterocycles. The van der Waals surface area contributed by atoms with Gasteiger partial charge >= 0.3 is 0 Å². The van der Waals surface area contributed by atoms with Crippen molar-refractivity contribution in [2.75, 3.05) is 24.6 Å². The largest absolute Gasteiger partial charge is 0.396 e. The number of nitrogens with zero attached hydrogens (tertiary/aromatic N) is 2. The second-order valence-electron chi connectivity index (χ2n) is 6.25. The summed E-state index contributed by atoms with van der Waals surface area (Å²) in [4.78, 5) is 13.5. The lowest BCUT2D eigenvalue weighted by Crippen LogP contribution is -2.34. The quantitative estimate of drug-likeness (QED) is 0.909. The lowest BCUT2D eigenvalue weighted by Gasteiger charge is -2.34. The molecule has 0 spiro atoms. The number of anilines is 1. The number of aliphatic hydroxyl groups excluding tert-OH is 1. The number of aromatic amines is 1. The minimum atomic E-state index is -0.187. The minimum absolute atomic E-state index is 0.187. The molecule has 23 heavy (non-hydrogen) atoms. The van der Waals surface area contributed by atoms with Gasteiger partial charge in [0.25, 0.3) is 5.56 Å². The van der Waals surface area contributed by atoms with E-state index in [1.807, 2.05) is 0 Å². The number of hydrogen-bond acceptors (Lipinski definition) is 4. The van der Waals surface area contributed by atoms with Crippen LogP contribution in [0.15, 0.2) is 35.1 Å². The molecule has 2 aromatic rings. The summed E-state index contributed by atoms with van der Waals surface area (Å²) in [7, 11) is 0. The zero-order valence-electron chi connectivity index (χ0n) is 13.5. The van der Waals surface area contributed by atoms with Crippen LogP contribution in [0.1, 0.15) is 24.8 Å². The molecular weight excluding hydrogens is 290 g/mol. The maximum absolute atomic E-state index is 11.1. The number of aryl methyl sites for hydroxylation is 1.